The molecule has 3 heterocycles. The summed E-state index contributed by atoms with van der Waals surface area (Å²) in [6, 6.07) is 0. The van der Waals surface area contributed by atoms with Crippen molar-refractivity contribution >= 4 is 11.9 Å². The van der Waals surface area contributed by atoms with Crippen LogP contribution in [0.4, 0.5) is 0 Å². The Morgan fingerprint density at radius 1 is 0.917 bits per heavy atom. The van der Waals surface area contributed by atoms with E-state index in [0.29, 0.717) is 0 Å². The lowest BCUT2D eigenvalue weighted by Gasteiger charge is -2.40. The van der Waals surface area contributed by atoms with Crippen LogP contribution < -0.4 is 0 Å². The SMILES string of the molecule is O=C1O[C@H]2C(=O)O[C@@H]1[C@H](O)[C@H]2O. The van der Waals surface area contributed by atoms with Crippen LogP contribution in [0, 0.1) is 0 Å². The molecule has 3 rings (SSSR count). The molecule has 3 saturated heterocycles. The van der Waals surface area contributed by atoms with Gasteiger partial charge in [0.1, 0.15) is 12.2 Å². The van der Waals surface area contributed by atoms with Gasteiger partial charge in [-0.1, -0.05) is 0 Å². The maximum absolute atomic E-state index is 10.8. The minimum atomic E-state index is -1.37. The predicted octanol–water partition coefficient (Wildman–Crippen LogP) is -2.44. The summed E-state index contributed by atoms with van der Waals surface area (Å²) in [6.45, 7) is 0. The van der Waals surface area contributed by atoms with Gasteiger partial charge in [0.15, 0.2) is 0 Å². The number of rotatable bonds is 0. The number of hydrogen-bond donors (Lipinski definition) is 2. The van der Waals surface area contributed by atoms with Crippen molar-refractivity contribution < 1.29 is 29.3 Å². The molecule has 3 fully saturated rings. The molecule has 0 saturated carbocycles. The average molecular weight is 174 g/mol. The second kappa shape index (κ2) is 2.18. The first kappa shape index (κ1) is 7.51. The van der Waals surface area contributed by atoms with Crippen LogP contribution in [0.5, 0.6) is 0 Å². The predicted molar refractivity (Wildman–Crippen MR) is 31.8 cm³/mol. The highest BCUT2D eigenvalue weighted by Crippen LogP contribution is 2.26. The zero-order chi connectivity index (χ0) is 8.88. The van der Waals surface area contributed by atoms with Gasteiger partial charge in [0.25, 0.3) is 0 Å². The Morgan fingerprint density at radius 3 is 1.58 bits per heavy atom. The third-order valence-electron chi connectivity index (χ3n) is 1.92. The fraction of sp³-hybridized carbons (Fsp3) is 0.667. The van der Waals surface area contributed by atoms with Gasteiger partial charge < -0.3 is 19.7 Å². The van der Waals surface area contributed by atoms with Crippen LogP contribution in [0.1, 0.15) is 0 Å². The van der Waals surface area contributed by atoms with Crippen molar-refractivity contribution in [3.05, 3.63) is 0 Å². The molecule has 2 N–H and O–H groups in total. The maximum atomic E-state index is 10.8. The van der Waals surface area contributed by atoms with E-state index in [1.54, 1.807) is 0 Å². The Hall–Kier alpha value is -1.14. The molecule has 6 heteroatoms. The van der Waals surface area contributed by atoms with Gasteiger partial charge >= 0.3 is 11.9 Å². The lowest BCUT2D eigenvalue weighted by Crippen LogP contribution is -2.65. The Labute approximate surface area is 66.7 Å². The van der Waals surface area contributed by atoms with Gasteiger partial charge in [0.2, 0.25) is 12.2 Å². The van der Waals surface area contributed by atoms with Crippen LogP contribution in [-0.2, 0) is 19.1 Å². The molecule has 3 aliphatic rings. The maximum Gasteiger partial charge on any atom is 0.351 e. The zero-order valence-corrected chi connectivity index (χ0v) is 5.84. The fourth-order valence-corrected chi connectivity index (χ4v) is 1.26. The monoisotopic (exact) mass is 174 g/mol. The second-order valence-electron chi connectivity index (χ2n) is 2.70. The molecule has 2 bridgehead atoms. The molecular weight excluding hydrogens is 168 g/mol. The van der Waals surface area contributed by atoms with Crippen molar-refractivity contribution in [2.45, 2.75) is 24.4 Å². The van der Waals surface area contributed by atoms with Gasteiger partial charge in [-0.05, 0) is 0 Å². The van der Waals surface area contributed by atoms with Crippen LogP contribution in [-0.4, -0.2) is 46.6 Å². The molecule has 6 nitrogen and oxygen atoms in total. The van der Waals surface area contributed by atoms with Crippen molar-refractivity contribution in [3.63, 3.8) is 0 Å². The summed E-state index contributed by atoms with van der Waals surface area (Å²) >= 11 is 0. The second-order valence-corrected chi connectivity index (χ2v) is 2.70. The molecule has 0 spiro atoms. The highest BCUT2D eigenvalue weighted by molar-refractivity contribution is 5.90. The van der Waals surface area contributed by atoms with Gasteiger partial charge in [-0.25, -0.2) is 9.59 Å². The van der Waals surface area contributed by atoms with E-state index in [0.717, 1.165) is 0 Å². The topological polar surface area (TPSA) is 93.1 Å². The van der Waals surface area contributed by atoms with Crippen molar-refractivity contribution in [3.8, 4) is 0 Å². The fourth-order valence-electron chi connectivity index (χ4n) is 1.26. The normalized spacial score (nSPS) is 45.5. The first-order valence-corrected chi connectivity index (χ1v) is 3.38. The smallest absolute Gasteiger partial charge is 0.351 e. The third-order valence-corrected chi connectivity index (χ3v) is 1.92. The minimum Gasteiger partial charge on any atom is -0.445 e. The molecule has 0 unspecified atom stereocenters. The Morgan fingerprint density at radius 2 is 1.25 bits per heavy atom. The summed E-state index contributed by atoms with van der Waals surface area (Å²) in [5.74, 6) is -1.62. The van der Waals surface area contributed by atoms with E-state index < -0.39 is 36.4 Å². The third kappa shape index (κ3) is 0.759. The van der Waals surface area contributed by atoms with E-state index in [1.807, 2.05) is 0 Å². The average Bonchev–Trinajstić information content (AvgIpc) is 2.03. The molecule has 0 radical (unpaired) electrons. The van der Waals surface area contributed by atoms with E-state index >= 15 is 0 Å². The number of ether oxygens (including phenoxy) is 2. The Kier molecular flexibility index (Phi) is 1.36. The van der Waals surface area contributed by atoms with Gasteiger partial charge in [0.05, 0.1) is 0 Å². The molecule has 0 aromatic rings. The summed E-state index contributed by atoms with van der Waals surface area (Å²) < 4.78 is 8.91. The molecule has 0 aromatic heterocycles. The molecular formula is C6H6O6. The van der Waals surface area contributed by atoms with Crippen molar-refractivity contribution in [1.82, 2.24) is 0 Å². The molecule has 3 aliphatic heterocycles. The quantitative estimate of drug-likeness (QED) is 0.396. The molecule has 66 valence electrons. The van der Waals surface area contributed by atoms with Crippen LogP contribution in [0.25, 0.3) is 0 Å². The summed E-state index contributed by atoms with van der Waals surface area (Å²) in [5, 5.41) is 18.3. The van der Waals surface area contributed by atoms with Crippen molar-refractivity contribution in [2.75, 3.05) is 0 Å². The number of esters is 2. The van der Waals surface area contributed by atoms with Crippen LogP contribution >= 0.6 is 0 Å². The summed E-state index contributed by atoms with van der Waals surface area (Å²) in [5.41, 5.74) is 0. The van der Waals surface area contributed by atoms with Crippen LogP contribution in [0.2, 0.25) is 0 Å². The minimum absolute atomic E-state index is 0.808. The highest BCUT2D eigenvalue weighted by atomic mass is 16.7. The first-order chi connectivity index (χ1) is 5.61. The lowest BCUT2D eigenvalue weighted by atomic mass is 9.96. The number of aliphatic hydroxyl groups excluding tert-OH is 2. The number of fused-ring (bicyclic) bond motifs is 3. The number of hydrogen-bond acceptors (Lipinski definition) is 6. The largest absolute Gasteiger partial charge is 0.445 e. The highest BCUT2D eigenvalue weighted by Gasteiger charge is 2.55. The van der Waals surface area contributed by atoms with Gasteiger partial charge in [-0.15, -0.1) is 0 Å². The van der Waals surface area contributed by atoms with Crippen LogP contribution in [0.15, 0.2) is 0 Å². The molecule has 0 aliphatic carbocycles. The summed E-state index contributed by atoms with van der Waals surface area (Å²) in [4.78, 5) is 21.6. The molecule has 0 aromatic carbocycles. The van der Waals surface area contributed by atoms with Crippen LogP contribution in [0.3, 0.4) is 0 Å². The summed E-state index contributed by atoms with van der Waals surface area (Å²) in [7, 11) is 0. The van der Waals surface area contributed by atoms with E-state index in [9.17, 15) is 9.59 Å². The number of carbonyl (C=O) groups excluding carboxylic acids is 2. The molecule has 12 heavy (non-hydrogen) atoms. The van der Waals surface area contributed by atoms with Gasteiger partial charge in [-0.2, -0.15) is 0 Å². The van der Waals surface area contributed by atoms with Crippen molar-refractivity contribution in [1.29, 1.82) is 0 Å². The van der Waals surface area contributed by atoms with E-state index in [2.05, 4.69) is 9.47 Å². The van der Waals surface area contributed by atoms with Gasteiger partial charge in [0, 0.05) is 0 Å². The Balaban J connectivity index is 2.32. The Bertz CT molecular complexity index is 222. The van der Waals surface area contributed by atoms with Crippen molar-refractivity contribution in [2.24, 2.45) is 0 Å². The first-order valence-electron chi connectivity index (χ1n) is 3.38. The standard InChI is InChI=1S/C6H6O6/c7-1-2(8)4-6(10)11-3(1)5(9)12-4/h1-4,7-8H/t1-,2-,3-,4-/m1/s1. The van der Waals surface area contributed by atoms with E-state index in [1.165, 1.54) is 0 Å². The zero-order valence-electron chi connectivity index (χ0n) is 5.84. The summed E-state index contributed by atoms with van der Waals surface area (Å²) in [6.07, 6.45) is -5.46. The van der Waals surface area contributed by atoms with E-state index in [4.69, 9.17) is 10.2 Å². The lowest BCUT2D eigenvalue weighted by molar-refractivity contribution is -0.243. The molecule has 0 amide bonds. The van der Waals surface area contributed by atoms with Gasteiger partial charge in [-0.3, -0.25) is 0 Å². The molecule has 4 atom stereocenters. The van der Waals surface area contributed by atoms with E-state index in [-0.39, 0.29) is 0 Å². The number of carbonyl (C=O) groups is 2. The number of aliphatic hydroxyl groups is 2.